The topological polar surface area (TPSA) is 51.5 Å². The molecule has 140 valence electrons. The summed E-state index contributed by atoms with van der Waals surface area (Å²) in [6.07, 6.45) is 4.39. The summed E-state index contributed by atoms with van der Waals surface area (Å²) in [5.74, 6) is 0.982. The molecule has 1 aromatic carbocycles. The number of carbonyl (C=O) groups excluding carboxylic acids is 1. The number of ether oxygens (including phenoxy) is 1. The average Bonchev–Trinajstić information content (AvgIpc) is 2.68. The quantitative estimate of drug-likeness (QED) is 0.554. The van der Waals surface area contributed by atoms with Crippen LogP contribution in [0.15, 0.2) is 54.2 Å². The lowest BCUT2D eigenvalue weighted by Crippen LogP contribution is -1.94. The molecule has 1 heterocycles. The maximum atomic E-state index is 10.9. The number of allylic oxidation sites excluding steroid dienone is 1. The van der Waals surface area contributed by atoms with Crippen molar-refractivity contribution in [2.45, 2.75) is 34.1 Å². The molecule has 0 unspecified atom stereocenters. The molecule has 0 aliphatic carbocycles. The molecule has 2 aromatic rings. The Morgan fingerprint density at radius 3 is 2.31 bits per heavy atom. The molecule has 0 bridgehead atoms. The number of ketones is 1. The number of hydrogen-bond acceptors (Lipinski definition) is 4. The number of nitrogens with zero attached hydrogens (tertiary/aromatic N) is 2. The van der Waals surface area contributed by atoms with Crippen molar-refractivity contribution in [3.05, 3.63) is 66.0 Å². The number of hydrogen-bond donors (Lipinski definition) is 0. The Morgan fingerprint density at radius 2 is 1.92 bits per heavy atom. The molecular weight excluding hydrogens is 324 g/mol. The molecule has 2 rings (SSSR count). The predicted octanol–water partition coefficient (Wildman–Crippen LogP) is 5.28. The van der Waals surface area contributed by atoms with E-state index in [-0.39, 0.29) is 5.78 Å². The van der Waals surface area contributed by atoms with Gasteiger partial charge in [0.05, 0.1) is 12.8 Å². The van der Waals surface area contributed by atoms with E-state index in [1.807, 2.05) is 26.0 Å². The number of methoxy groups -OCH3 is 1. The van der Waals surface area contributed by atoms with E-state index in [0.29, 0.717) is 5.56 Å². The van der Waals surface area contributed by atoms with Crippen LogP contribution in [0.5, 0.6) is 5.75 Å². The Labute approximate surface area is 157 Å². The van der Waals surface area contributed by atoms with Gasteiger partial charge in [0.15, 0.2) is 5.78 Å². The smallest absolute Gasteiger partial charge is 0.161 e. The SMILES string of the molecule is C=C(C)c1ccc(C(C)=O)cn1.CC=NC.CCc1cccc(OC)c1. The van der Waals surface area contributed by atoms with Crippen molar-refractivity contribution < 1.29 is 9.53 Å². The monoisotopic (exact) mass is 354 g/mol. The molecule has 0 atom stereocenters. The van der Waals surface area contributed by atoms with E-state index in [1.165, 1.54) is 12.5 Å². The van der Waals surface area contributed by atoms with Gasteiger partial charge in [-0.1, -0.05) is 25.6 Å². The van der Waals surface area contributed by atoms with Crippen LogP contribution in [0.4, 0.5) is 0 Å². The molecule has 26 heavy (non-hydrogen) atoms. The van der Waals surface area contributed by atoms with Gasteiger partial charge in [-0.2, -0.15) is 0 Å². The van der Waals surface area contributed by atoms with Crippen LogP contribution < -0.4 is 4.74 Å². The zero-order chi connectivity index (χ0) is 19.9. The number of benzene rings is 1. The highest BCUT2D eigenvalue weighted by Gasteiger charge is 1.99. The highest BCUT2D eigenvalue weighted by molar-refractivity contribution is 5.93. The van der Waals surface area contributed by atoms with E-state index in [2.05, 4.69) is 35.6 Å². The van der Waals surface area contributed by atoms with Gasteiger partial charge in [0.1, 0.15) is 5.75 Å². The zero-order valence-corrected chi connectivity index (χ0v) is 16.7. The highest BCUT2D eigenvalue weighted by atomic mass is 16.5. The summed E-state index contributed by atoms with van der Waals surface area (Å²) in [6, 6.07) is 11.7. The number of aromatic nitrogens is 1. The van der Waals surface area contributed by atoms with Gasteiger partial charge >= 0.3 is 0 Å². The minimum absolute atomic E-state index is 0.0377. The van der Waals surface area contributed by atoms with Crippen LogP contribution in [0.3, 0.4) is 0 Å². The molecule has 0 saturated heterocycles. The first kappa shape index (κ1) is 23.2. The van der Waals surface area contributed by atoms with Crippen LogP contribution in [0, 0.1) is 0 Å². The number of rotatable bonds is 4. The second-order valence-corrected chi connectivity index (χ2v) is 5.49. The van der Waals surface area contributed by atoms with E-state index < -0.39 is 0 Å². The van der Waals surface area contributed by atoms with Crippen LogP contribution in [0.1, 0.15) is 49.3 Å². The zero-order valence-electron chi connectivity index (χ0n) is 16.7. The summed E-state index contributed by atoms with van der Waals surface area (Å²) in [5.41, 5.74) is 3.70. The van der Waals surface area contributed by atoms with Gasteiger partial charge in [-0.05, 0) is 68.8 Å². The van der Waals surface area contributed by atoms with Crippen LogP contribution in [0.2, 0.25) is 0 Å². The molecule has 0 radical (unpaired) electrons. The number of aryl methyl sites for hydroxylation is 1. The molecule has 0 saturated carbocycles. The Kier molecular flexibility index (Phi) is 12.1. The second-order valence-electron chi connectivity index (χ2n) is 5.49. The minimum atomic E-state index is 0.0377. The Balaban J connectivity index is 0.000000405. The third-order valence-corrected chi connectivity index (χ3v) is 3.41. The molecule has 4 nitrogen and oxygen atoms in total. The van der Waals surface area contributed by atoms with Gasteiger partial charge in [0, 0.05) is 18.8 Å². The molecule has 1 aromatic heterocycles. The maximum absolute atomic E-state index is 10.9. The van der Waals surface area contributed by atoms with E-state index in [9.17, 15) is 4.79 Å². The van der Waals surface area contributed by atoms with E-state index in [1.54, 1.807) is 38.7 Å². The first-order chi connectivity index (χ1) is 12.4. The largest absolute Gasteiger partial charge is 0.497 e. The Morgan fingerprint density at radius 1 is 1.27 bits per heavy atom. The summed E-state index contributed by atoms with van der Waals surface area (Å²) < 4.78 is 5.06. The first-order valence-corrected chi connectivity index (χ1v) is 8.52. The van der Waals surface area contributed by atoms with E-state index >= 15 is 0 Å². The fraction of sp³-hybridized carbons (Fsp3) is 0.318. The summed E-state index contributed by atoms with van der Waals surface area (Å²) in [5, 5.41) is 0. The van der Waals surface area contributed by atoms with Gasteiger partial charge in [-0.3, -0.25) is 9.78 Å². The lowest BCUT2D eigenvalue weighted by Gasteiger charge is -2.00. The van der Waals surface area contributed by atoms with Gasteiger partial charge in [-0.15, -0.1) is 0 Å². The lowest BCUT2D eigenvalue weighted by molar-refractivity contribution is 0.101. The summed E-state index contributed by atoms with van der Waals surface area (Å²) in [7, 11) is 3.44. The number of Topliss-reactive ketones (excluding diaryl/α,β-unsaturated/α-hetero) is 1. The van der Waals surface area contributed by atoms with Crippen LogP contribution >= 0.6 is 0 Å². The average molecular weight is 354 g/mol. The number of carbonyl (C=O) groups is 1. The predicted molar refractivity (Wildman–Crippen MR) is 111 cm³/mol. The van der Waals surface area contributed by atoms with Gasteiger partial charge in [0.25, 0.3) is 0 Å². The molecule has 0 amide bonds. The van der Waals surface area contributed by atoms with Crippen LogP contribution in [0.25, 0.3) is 5.57 Å². The van der Waals surface area contributed by atoms with Gasteiger partial charge in [-0.25, -0.2) is 0 Å². The molecule has 0 spiro atoms. The van der Waals surface area contributed by atoms with Crippen molar-refractivity contribution in [1.82, 2.24) is 4.98 Å². The second kappa shape index (κ2) is 13.5. The summed E-state index contributed by atoms with van der Waals surface area (Å²) >= 11 is 0. The first-order valence-electron chi connectivity index (χ1n) is 8.52. The fourth-order valence-electron chi connectivity index (χ4n) is 1.75. The summed E-state index contributed by atoms with van der Waals surface area (Å²) in [4.78, 5) is 18.6. The third-order valence-electron chi connectivity index (χ3n) is 3.41. The molecular formula is C22H30N2O2. The molecule has 0 aliphatic rings. The van der Waals surface area contributed by atoms with Crippen molar-refractivity contribution in [3.8, 4) is 5.75 Å². The molecule has 0 N–H and O–H groups in total. The summed E-state index contributed by atoms with van der Waals surface area (Å²) in [6.45, 7) is 11.2. The van der Waals surface area contributed by atoms with Gasteiger partial charge in [0.2, 0.25) is 0 Å². The number of aliphatic imine (C=N–C) groups is 1. The Bertz CT molecular complexity index is 648. The maximum Gasteiger partial charge on any atom is 0.161 e. The van der Waals surface area contributed by atoms with Crippen molar-refractivity contribution in [2.24, 2.45) is 4.99 Å². The van der Waals surface area contributed by atoms with Crippen molar-refractivity contribution in [2.75, 3.05) is 14.2 Å². The highest BCUT2D eigenvalue weighted by Crippen LogP contribution is 2.12. The molecule has 4 heteroatoms. The third kappa shape index (κ3) is 9.52. The van der Waals surface area contributed by atoms with Crippen LogP contribution in [-0.2, 0) is 6.42 Å². The van der Waals surface area contributed by atoms with Crippen molar-refractivity contribution in [1.29, 1.82) is 0 Å². The van der Waals surface area contributed by atoms with Gasteiger partial charge < -0.3 is 9.73 Å². The molecule has 0 fully saturated rings. The Hall–Kier alpha value is -2.75. The standard InChI is InChI=1S/C10H11NO.C9H12O.C3H7N/c1-7(2)10-5-4-9(6-11-10)8(3)12;1-3-8-5-4-6-9(7-8)10-2;1-3-4-2/h4-6H,1H2,2-3H3;4-7H,3H2,1-2H3;3H,1-2H3. The van der Waals surface area contributed by atoms with E-state index in [4.69, 9.17) is 4.74 Å². The van der Waals surface area contributed by atoms with Crippen molar-refractivity contribution >= 4 is 17.6 Å². The van der Waals surface area contributed by atoms with E-state index in [0.717, 1.165) is 23.4 Å². The molecule has 0 aliphatic heterocycles. The van der Waals surface area contributed by atoms with Crippen molar-refractivity contribution in [3.63, 3.8) is 0 Å². The fourth-order valence-corrected chi connectivity index (χ4v) is 1.75. The normalized spacial score (nSPS) is 9.46. The lowest BCUT2D eigenvalue weighted by atomic mass is 10.1. The number of pyridine rings is 1. The van der Waals surface area contributed by atoms with Crippen LogP contribution in [-0.4, -0.2) is 31.1 Å². The minimum Gasteiger partial charge on any atom is -0.497 e.